The van der Waals surface area contributed by atoms with E-state index >= 15 is 0 Å². The molecule has 0 aromatic heterocycles. The van der Waals surface area contributed by atoms with Gasteiger partial charge >= 0.3 is 12.0 Å². The number of nitrogens with zero attached hydrogens (tertiary/aromatic N) is 1. The number of nitrogens with one attached hydrogen (secondary N) is 1. The van der Waals surface area contributed by atoms with Crippen LogP contribution in [0.25, 0.3) is 0 Å². The highest BCUT2D eigenvalue weighted by atomic mass is 35.5. The van der Waals surface area contributed by atoms with Crippen molar-refractivity contribution in [2.45, 2.75) is 6.92 Å². The fraction of sp³-hybridized carbons (Fsp3) is 0.385. The third kappa shape index (κ3) is 4.79. The summed E-state index contributed by atoms with van der Waals surface area (Å²) in [6, 6.07) is 6.50. The summed E-state index contributed by atoms with van der Waals surface area (Å²) in [5.74, 6) is -0.711. The van der Waals surface area contributed by atoms with E-state index in [1.807, 2.05) is 0 Å². The molecule has 0 aliphatic carbocycles. The second-order valence-electron chi connectivity index (χ2n) is 4.24. The molecule has 0 bridgehead atoms. The molecule has 5 nitrogen and oxygen atoms in total. The van der Waals surface area contributed by atoms with Crippen molar-refractivity contribution in [2.75, 3.05) is 26.0 Å². The molecule has 0 aliphatic heterocycles. The molecule has 1 aromatic carbocycles. The Morgan fingerprint density at radius 2 is 1.95 bits per heavy atom. The van der Waals surface area contributed by atoms with E-state index in [1.54, 1.807) is 38.2 Å². The van der Waals surface area contributed by atoms with E-state index < -0.39 is 0 Å². The smallest absolute Gasteiger partial charge is 0.321 e. The third-order valence-electron chi connectivity index (χ3n) is 2.59. The van der Waals surface area contributed by atoms with Gasteiger partial charge in [-0.25, -0.2) is 4.79 Å². The summed E-state index contributed by atoms with van der Waals surface area (Å²) in [6.07, 6.45) is 0. The first-order valence-electron chi connectivity index (χ1n) is 5.79. The maximum atomic E-state index is 11.9. The zero-order valence-corrected chi connectivity index (χ0v) is 11.9. The third-order valence-corrected chi connectivity index (χ3v) is 2.85. The lowest BCUT2D eigenvalue weighted by Crippen LogP contribution is -2.36. The molecule has 0 radical (unpaired) electrons. The van der Waals surface area contributed by atoms with Crippen LogP contribution >= 0.6 is 11.6 Å². The van der Waals surface area contributed by atoms with Gasteiger partial charge in [-0.3, -0.25) is 4.79 Å². The summed E-state index contributed by atoms with van der Waals surface area (Å²) in [6.45, 7) is 1.99. The molecule has 0 spiro atoms. The molecular formula is C13H17ClN2O3. The van der Waals surface area contributed by atoms with Gasteiger partial charge in [0, 0.05) is 24.3 Å². The van der Waals surface area contributed by atoms with Crippen molar-refractivity contribution in [2.24, 2.45) is 5.92 Å². The normalized spacial score (nSPS) is 11.6. The highest BCUT2D eigenvalue weighted by molar-refractivity contribution is 6.30. The molecule has 19 heavy (non-hydrogen) atoms. The van der Waals surface area contributed by atoms with E-state index in [1.165, 1.54) is 12.0 Å². The van der Waals surface area contributed by atoms with Crippen LogP contribution in [0.15, 0.2) is 24.3 Å². The Balaban J connectivity index is 2.53. The topological polar surface area (TPSA) is 58.6 Å². The summed E-state index contributed by atoms with van der Waals surface area (Å²) in [5.41, 5.74) is 0.645. The van der Waals surface area contributed by atoms with Gasteiger partial charge in [-0.2, -0.15) is 0 Å². The first-order valence-corrected chi connectivity index (χ1v) is 6.17. The molecule has 0 saturated carbocycles. The van der Waals surface area contributed by atoms with Gasteiger partial charge in [0.15, 0.2) is 0 Å². The molecule has 6 heteroatoms. The van der Waals surface area contributed by atoms with E-state index in [-0.39, 0.29) is 24.5 Å². The fourth-order valence-corrected chi connectivity index (χ4v) is 1.65. The summed E-state index contributed by atoms with van der Waals surface area (Å²) in [7, 11) is 2.94. The fourth-order valence-electron chi connectivity index (χ4n) is 1.52. The van der Waals surface area contributed by atoms with Crippen molar-refractivity contribution in [3.8, 4) is 0 Å². The van der Waals surface area contributed by atoms with E-state index in [0.29, 0.717) is 10.7 Å². The van der Waals surface area contributed by atoms with E-state index in [2.05, 4.69) is 10.1 Å². The largest absolute Gasteiger partial charge is 0.469 e. The first kappa shape index (κ1) is 15.3. The zero-order chi connectivity index (χ0) is 14.4. The Hall–Kier alpha value is -1.75. The number of halogens is 1. The van der Waals surface area contributed by atoms with Crippen molar-refractivity contribution in [3.05, 3.63) is 29.3 Å². The van der Waals surface area contributed by atoms with Crippen molar-refractivity contribution in [1.29, 1.82) is 0 Å². The second kappa shape index (κ2) is 6.99. The summed E-state index contributed by atoms with van der Waals surface area (Å²) < 4.78 is 4.61. The Bertz CT molecular complexity index is 448. The predicted molar refractivity (Wildman–Crippen MR) is 74.3 cm³/mol. The van der Waals surface area contributed by atoms with Crippen LogP contribution in [0.1, 0.15) is 6.92 Å². The second-order valence-corrected chi connectivity index (χ2v) is 4.68. The number of esters is 1. The van der Waals surface area contributed by atoms with Gasteiger partial charge in [0.25, 0.3) is 0 Å². The van der Waals surface area contributed by atoms with Gasteiger partial charge in [-0.05, 0) is 24.3 Å². The van der Waals surface area contributed by atoms with Gasteiger partial charge in [0.2, 0.25) is 0 Å². The van der Waals surface area contributed by atoms with Crippen LogP contribution in [-0.4, -0.2) is 37.6 Å². The summed E-state index contributed by atoms with van der Waals surface area (Å²) >= 11 is 5.76. The van der Waals surface area contributed by atoms with Crippen LogP contribution in [0.3, 0.4) is 0 Å². The number of hydrogen-bond acceptors (Lipinski definition) is 3. The quantitative estimate of drug-likeness (QED) is 0.865. The molecule has 1 atom stereocenters. The number of carbonyl (C=O) groups is 2. The molecule has 2 amide bonds. The van der Waals surface area contributed by atoms with Crippen LogP contribution in [0.4, 0.5) is 10.5 Å². The van der Waals surface area contributed by atoms with Crippen LogP contribution in [0.2, 0.25) is 5.02 Å². The minimum absolute atomic E-state index is 0.284. The maximum absolute atomic E-state index is 11.9. The number of methoxy groups -OCH3 is 1. The molecule has 104 valence electrons. The Kier molecular flexibility index (Phi) is 5.63. The van der Waals surface area contributed by atoms with E-state index in [4.69, 9.17) is 11.6 Å². The molecule has 1 N–H and O–H groups in total. The average molecular weight is 285 g/mol. The van der Waals surface area contributed by atoms with E-state index in [9.17, 15) is 9.59 Å². The summed E-state index contributed by atoms with van der Waals surface area (Å²) in [5, 5.41) is 3.31. The minimum atomic E-state index is -0.369. The minimum Gasteiger partial charge on any atom is -0.469 e. The Morgan fingerprint density at radius 3 is 2.47 bits per heavy atom. The van der Waals surface area contributed by atoms with Gasteiger partial charge < -0.3 is 15.0 Å². The van der Waals surface area contributed by atoms with Crippen LogP contribution < -0.4 is 5.32 Å². The number of rotatable bonds is 4. The van der Waals surface area contributed by atoms with Crippen molar-refractivity contribution in [1.82, 2.24) is 4.90 Å². The molecule has 1 unspecified atom stereocenters. The molecule has 0 aliphatic rings. The number of hydrogen-bond donors (Lipinski definition) is 1. The lowest BCUT2D eigenvalue weighted by molar-refractivity contribution is -0.145. The number of urea groups is 1. The highest BCUT2D eigenvalue weighted by Gasteiger charge is 2.18. The lowest BCUT2D eigenvalue weighted by Gasteiger charge is -2.20. The standard InChI is InChI=1S/C13H17ClN2O3/c1-9(12(17)19-3)8-16(2)13(18)15-11-6-4-10(14)5-7-11/h4-7,9H,8H2,1-3H3,(H,15,18). The maximum Gasteiger partial charge on any atom is 0.321 e. The number of benzene rings is 1. The Labute approximate surface area is 117 Å². The van der Waals surface area contributed by atoms with Crippen LogP contribution in [-0.2, 0) is 9.53 Å². The van der Waals surface area contributed by atoms with Crippen molar-refractivity contribution >= 4 is 29.3 Å². The molecule has 1 aromatic rings. The molecule has 0 heterocycles. The van der Waals surface area contributed by atoms with Crippen LogP contribution in [0, 0.1) is 5.92 Å². The van der Waals surface area contributed by atoms with Gasteiger partial charge in [0.05, 0.1) is 13.0 Å². The van der Waals surface area contributed by atoms with E-state index in [0.717, 1.165) is 0 Å². The molecule has 0 fully saturated rings. The predicted octanol–water partition coefficient (Wildman–Crippen LogP) is 2.61. The Morgan fingerprint density at radius 1 is 1.37 bits per heavy atom. The molecule has 0 saturated heterocycles. The number of ether oxygens (including phenoxy) is 1. The molecule has 1 rings (SSSR count). The SMILES string of the molecule is COC(=O)C(C)CN(C)C(=O)Nc1ccc(Cl)cc1. The first-order chi connectivity index (χ1) is 8.93. The highest BCUT2D eigenvalue weighted by Crippen LogP contribution is 2.14. The average Bonchev–Trinajstić information content (AvgIpc) is 2.40. The number of amides is 2. The van der Waals surface area contributed by atoms with Gasteiger partial charge in [-0.1, -0.05) is 18.5 Å². The number of carbonyl (C=O) groups excluding carboxylic acids is 2. The van der Waals surface area contributed by atoms with Gasteiger partial charge in [0.1, 0.15) is 0 Å². The van der Waals surface area contributed by atoms with Crippen molar-refractivity contribution < 1.29 is 14.3 Å². The monoisotopic (exact) mass is 284 g/mol. The summed E-state index contributed by atoms with van der Waals surface area (Å²) in [4.78, 5) is 24.6. The zero-order valence-electron chi connectivity index (χ0n) is 11.1. The van der Waals surface area contributed by atoms with Crippen molar-refractivity contribution in [3.63, 3.8) is 0 Å². The molecular weight excluding hydrogens is 268 g/mol. The number of anilines is 1. The van der Waals surface area contributed by atoms with Gasteiger partial charge in [-0.15, -0.1) is 0 Å². The lowest BCUT2D eigenvalue weighted by atomic mass is 10.2. The van der Waals surface area contributed by atoms with Crippen LogP contribution in [0.5, 0.6) is 0 Å².